The molecule has 8 heteroatoms. The predicted molar refractivity (Wildman–Crippen MR) is 126 cm³/mol. The van der Waals surface area contributed by atoms with Gasteiger partial charge in [-0.25, -0.2) is 4.98 Å². The molecular formula is C24H27N5O2S. The van der Waals surface area contributed by atoms with Gasteiger partial charge in [-0.2, -0.15) is 0 Å². The molecule has 3 N–H and O–H groups in total. The Morgan fingerprint density at radius 2 is 2.09 bits per heavy atom. The van der Waals surface area contributed by atoms with E-state index in [9.17, 15) is 9.59 Å². The minimum Gasteiger partial charge on any atom is -0.361 e. The number of nitrogens with one attached hydrogen (secondary N) is 3. The van der Waals surface area contributed by atoms with Crippen molar-refractivity contribution in [2.75, 3.05) is 5.32 Å². The molecule has 2 aliphatic rings. The monoisotopic (exact) mass is 449 g/mol. The van der Waals surface area contributed by atoms with E-state index in [0.29, 0.717) is 19.5 Å². The van der Waals surface area contributed by atoms with E-state index in [1.54, 1.807) is 22.1 Å². The molecule has 166 valence electrons. The maximum Gasteiger partial charge on any atom is 0.294 e. The molecule has 0 fully saturated rings. The van der Waals surface area contributed by atoms with Gasteiger partial charge in [0.05, 0.1) is 6.54 Å². The number of carbonyl (C=O) groups excluding carboxylic acids is 1. The number of hydrogen-bond donors (Lipinski definition) is 3. The molecule has 4 heterocycles. The first-order valence-corrected chi connectivity index (χ1v) is 11.9. The van der Waals surface area contributed by atoms with Crippen LogP contribution in [0.15, 0.2) is 47.4 Å². The Hall–Kier alpha value is -2.97. The van der Waals surface area contributed by atoms with Gasteiger partial charge in [0.15, 0.2) is 5.82 Å². The summed E-state index contributed by atoms with van der Waals surface area (Å²) in [6.45, 7) is 4.90. The van der Waals surface area contributed by atoms with Crippen molar-refractivity contribution in [3.8, 4) is 0 Å². The Bertz CT molecular complexity index is 1170. The summed E-state index contributed by atoms with van der Waals surface area (Å²) < 4.78 is 1.65. The number of nitrogens with zero attached hydrogens (tertiary/aromatic N) is 2. The second-order valence-electron chi connectivity index (χ2n) is 8.39. The van der Waals surface area contributed by atoms with Crippen molar-refractivity contribution in [3.63, 3.8) is 0 Å². The van der Waals surface area contributed by atoms with E-state index in [4.69, 9.17) is 0 Å². The highest BCUT2D eigenvalue weighted by molar-refractivity contribution is 7.12. The fourth-order valence-corrected chi connectivity index (χ4v) is 5.72. The fourth-order valence-electron chi connectivity index (χ4n) is 4.62. The van der Waals surface area contributed by atoms with Gasteiger partial charge >= 0.3 is 0 Å². The molecule has 5 rings (SSSR count). The van der Waals surface area contributed by atoms with Crippen LogP contribution in [0.3, 0.4) is 0 Å². The van der Waals surface area contributed by atoms with Crippen LogP contribution in [0.2, 0.25) is 0 Å². The first-order valence-electron chi connectivity index (χ1n) is 11.1. The van der Waals surface area contributed by atoms with E-state index in [1.807, 2.05) is 30.3 Å². The van der Waals surface area contributed by atoms with Gasteiger partial charge < -0.3 is 16.0 Å². The highest BCUT2D eigenvalue weighted by atomic mass is 32.1. The van der Waals surface area contributed by atoms with Crippen molar-refractivity contribution in [2.24, 2.45) is 0 Å². The highest BCUT2D eigenvalue weighted by Crippen LogP contribution is 2.37. The largest absolute Gasteiger partial charge is 0.361 e. The van der Waals surface area contributed by atoms with Crippen LogP contribution in [0, 0.1) is 0 Å². The summed E-state index contributed by atoms with van der Waals surface area (Å²) >= 11 is 1.74. The smallest absolute Gasteiger partial charge is 0.294 e. The van der Waals surface area contributed by atoms with Gasteiger partial charge in [-0.15, -0.1) is 11.3 Å². The predicted octanol–water partition coefficient (Wildman–Crippen LogP) is 3.27. The van der Waals surface area contributed by atoms with Gasteiger partial charge in [0, 0.05) is 47.2 Å². The number of fused-ring (bicyclic) bond motifs is 2. The number of aromatic nitrogens is 2. The molecule has 32 heavy (non-hydrogen) atoms. The molecular weight excluding hydrogens is 422 g/mol. The van der Waals surface area contributed by atoms with Crippen molar-refractivity contribution in [3.05, 3.63) is 79.5 Å². The second-order valence-corrected chi connectivity index (χ2v) is 9.61. The number of amides is 1. The third-order valence-corrected chi connectivity index (χ3v) is 7.52. The van der Waals surface area contributed by atoms with E-state index in [2.05, 4.69) is 33.9 Å². The SMILES string of the molecule is CCC1CC(C(=O)NCc2cc3c(s2)CNC3)n2c1cnc(NCc1ccccc1)c2=O. The highest BCUT2D eigenvalue weighted by Gasteiger charge is 2.36. The molecule has 1 amide bonds. The van der Waals surface area contributed by atoms with E-state index < -0.39 is 6.04 Å². The minimum absolute atomic E-state index is 0.101. The molecule has 2 unspecified atom stereocenters. The molecule has 1 aromatic carbocycles. The lowest BCUT2D eigenvalue weighted by atomic mass is 9.99. The quantitative estimate of drug-likeness (QED) is 0.515. The minimum atomic E-state index is -0.504. The molecule has 2 aliphatic heterocycles. The van der Waals surface area contributed by atoms with Crippen LogP contribution in [0.5, 0.6) is 0 Å². The second kappa shape index (κ2) is 8.88. The Balaban J connectivity index is 1.33. The van der Waals surface area contributed by atoms with E-state index in [1.165, 1.54) is 10.4 Å². The average Bonchev–Trinajstić information content (AvgIpc) is 3.51. The van der Waals surface area contributed by atoms with E-state index in [-0.39, 0.29) is 23.2 Å². The Kier molecular flexibility index (Phi) is 5.80. The molecule has 0 aliphatic carbocycles. The lowest BCUT2D eigenvalue weighted by molar-refractivity contribution is -0.124. The van der Waals surface area contributed by atoms with E-state index >= 15 is 0 Å². The van der Waals surface area contributed by atoms with Crippen LogP contribution >= 0.6 is 11.3 Å². The summed E-state index contributed by atoms with van der Waals surface area (Å²) in [6, 6.07) is 11.5. The van der Waals surface area contributed by atoms with Gasteiger partial charge in [-0.1, -0.05) is 37.3 Å². The van der Waals surface area contributed by atoms with Crippen molar-refractivity contribution < 1.29 is 4.79 Å². The van der Waals surface area contributed by atoms with Crippen LogP contribution in [-0.2, 0) is 31.0 Å². The topological polar surface area (TPSA) is 88.1 Å². The molecule has 3 aromatic rings. The normalized spacial score (nSPS) is 18.9. The summed E-state index contributed by atoms with van der Waals surface area (Å²) in [6.07, 6.45) is 3.26. The van der Waals surface area contributed by atoms with Crippen molar-refractivity contribution in [2.45, 2.75) is 57.9 Å². The number of rotatable bonds is 7. The van der Waals surface area contributed by atoms with Crippen molar-refractivity contribution >= 4 is 23.1 Å². The summed E-state index contributed by atoms with van der Waals surface area (Å²) in [5, 5.41) is 9.55. The van der Waals surface area contributed by atoms with Crippen LogP contribution in [0.25, 0.3) is 0 Å². The number of carbonyl (C=O) groups is 1. The van der Waals surface area contributed by atoms with Gasteiger partial charge in [0.2, 0.25) is 5.91 Å². The lowest BCUT2D eigenvalue weighted by Crippen LogP contribution is -2.36. The lowest BCUT2D eigenvalue weighted by Gasteiger charge is -2.15. The Morgan fingerprint density at radius 1 is 1.25 bits per heavy atom. The molecule has 0 spiro atoms. The van der Waals surface area contributed by atoms with Crippen LogP contribution < -0.4 is 21.5 Å². The van der Waals surface area contributed by atoms with Crippen molar-refractivity contribution in [1.29, 1.82) is 0 Å². The zero-order valence-corrected chi connectivity index (χ0v) is 18.9. The molecule has 0 saturated heterocycles. The fraction of sp³-hybridized carbons (Fsp3) is 0.375. The molecule has 2 aromatic heterocycles. The van der Waals surface area contributed by atoms with Gasteiger partial charge in [-0.3, -0.25) is 14.2 Å². The summed E-state index contributed by atoms with van der Waals surface area (Å²) in [5.74, 6) is 0.344. The van der Waals surface area contributed by atoms with Gasteiger partial charge in [0.25, 0.3) is 5.56 Å². The third-order valence-electron chi connectivity index (χ3n) is 6.35. The molecule has 2 atom stereocenters. The van der Waals surface area contributed by atoms with Crippen LogP contribution in [0.1, 0.15) is 58.3 Å². The average molecular weight is 450 g/mol. The number of hydrogen-bond acceptors (Lipinski definition) is 6. The summed E-state index contributed by atoms with van der Waals surface area (Å²) in [7, 11) is 0. The first kappa shape index (κ1) is 20.9. The summed E-state index contributed by atoms with van der Waals surface area (Å²) in [5.41, 5.74) is 3.02. The molecule has 0 bridgehead atoms. The van der Waals surface area contributed by atoms with Crippen LogP contribution in [0.4, 0.5) is 5.82 Å². The third kappa shape index (κ3) is 3.96. The van der Waals surface area contributed by atoms with E-state index in [0.717, 1.165) is 35.6 Å². The molecule has 0 radical (unpaired) electrons. The molecule has 7 nitrogen and oxygen atoms in total. The van der Waals surface area contributed by atoms with Gasteiger partial charge in [-0.05, 0) is 30.0 Å². The standard InChI is InChI=1S/C24H27N5O2S/c1-2-16-9-19(23(30)28-12-18-8-17-11-25-14-21(17)32-18)29-20(16)13-27-22(24(29)31)26-10-15-6-4-3-5-7-15/h3-8,13,16,19,25H,2,9-12,14H2,1H3,(H,26,27)(H,28,30). The maximum absolute atomic E-state index is 13.3. The Labute approximate surface area is 190 Å². The van der Waals surface area contributed by atoms with Crippen LogP contribution in [-0.4, -0.2) is 15.5 Å². The van der Waals surface area contributed by atoms with Crippen molar-refractivity contribution in [1.82, 2.24) is 20.2 Å². The zero-order chi connectivity index (χ0) is 22.1. The number of anilines is 1. The first-order chi connectivity index (χ1) is 15.6. The Morgan fingerprint density at radius 3 is 2.88 bits per heavy atom. The van der Waals surface area contributed by atoms with Gasteiger partial charge in [0.1, 0.15) is 6.04 Å². The zero-order valence-electron chi connectivity index (χ0n) is 18.1. The number of thiophene rings is 1. The summed E-state index contributed by atoms with van der Waals surface area (Å²) in [4.78, 5) is 33.3. The molecule has 0 saturated carbocycles. The maximum atomic E-state index is 13.3. The number of benzene rings is 1.